The number of piperidine rings is 1. The van der Waals surface area contributed by atoms with Crippen molar-refractivity contribution >= 4 is 5.91 Å². The van der Waals surface area contributed by atoms with Crippen LogP contribution in [-0.4, -0.2) is 43.6 Å². The van der Waals surface area contributed by atoms with Gasteiger partial charge in [0, 0.05) is 23.4 Å². The van der Waals surface area contributed by atoms with Gasteiger partial charge in [-0.1, -0.05) is 32.9 Å². The quantitative estimate of drug-likeness (QED) is 0.886. The number of benzene rings is 1. The minimum absolute atomic E-state index is 0.00142. The van der Waals surface area contributed by atoms with Crippen molar-refractivity contribution in [2.75, 3.05) is 26.7 Å². The van der Waals surface area contributed by atoms with E-state index in [4.69, 9.17) is 4.74 Å². The summed E-state index contributed by atoms with van der Waals surface area (Å²) in [6.07, 6.45) is 2.11. The maximum atomic E-state index is 12.4. The normalized spacial score (nSPS) is 18.2. The Hall–Kier alpha value is -1.55. The smallest absolute Gasteiger partial charge is 0.225 e. The number of hydrogen-bond donors (Lipinski definition) is 1. The zero-order valence-electron chi connectivity index (χ0n) is 16.7. The molecule has 0 saturated carbocycles. The molecule has 1 aliphatic heterocycles. The minimum Gasteiger partial charge on any atom is -0.497 e. The van der Waals surface area contributed by atoms with Gasteiger partial charge in [-0.3, -0.25) is 4.79 Å². The molecule has 1 amide bonds. The third-order valence-electron chi connectivity index (χ3n) is 5.46. The van der Waals surface area contributed by atoms with Crippen LogP contribution in [0.3, 0.4) is 0 Å². The lowest BCUT2D eigenvalue weighted by Crippen LogP contribution is -2.51. The molecule has 0 radical (unpaired) electrons. The van der Waals surface area contributed by atoms with E-state index >= 15 is 0 Å². The number of likely N-dealkylation sites (tertiary alicyclic amines) is 1. The maximum absolute atomic E-state index is 12.4. The molecule has 1 aliphatic rings. The molecular weight excluding hydrogens is 312 g/mol. The predicted octanol–water partition coefficient (Wildman–Crippen LogP) is 3.60. The van der Waals surface area contributed by atoms with Gasteiger partial charge in [0.15, 0.2) is 0 Å². The van der Waals surface area contributed by atoms with Crippen LogP contribution in [0.1, 0.15) is 53.0 Å². The highest BCUT2D eigenvalue weighted by Gasteiger charge is 2.37. The van der Waals surface area contributed by atoms with Gasteiger partial charge >= 0.3 is 0 Å². The molecule has 1 aromatic carbocycles. The van der Waals surface area contributed by atoms with Crippen molar-refractivity contribution in [3.8, 4) is 5.75 Å². The number of carbonyl (C=O) groups excluding carboxylic acids is 1. The molecule has 0 bridgehead atoms. The van der Waals surface area contributed by atoms with E-state index in [0.29, 0.717) is 12.6 Å². The second-order valence-corrected chi connectivity index (χ2v) is 8.57. The van der Waals surface area contributed by atoms with Crippen molar-refractivity contribution in [2.24, 2.45) is 5.41 Å². The summed E-state index contributed by atoms with van der Waals surface area (Å²) < 4.78 is 5.30. The van der Waals surface area contributed by atoms with Crippen LogP contribution in [0.15, 0.2) is 24.3 Å². The summed E-state index contributed by atoms with van der Waals surface area (Å²) >= 11 is 0. The topological polar surface area (TPSA) is 41.6 Å². The van der Waals surface area contributed by atoms with E-state index in [9.17, 15) is 4.79 Å². The van der Waals surface area contributed by atoms with Gasteiger partial charge in [0.2, 0.25) is 5.91 Å². The first-order chi connectivity index (χ1) is 11.7. The van der Waals surface area contributed by atoms with Crippen LogP contribution in [-0.2, 0) is 10.2 Å². The molecular formula is C21H34N2O2. The lowest BCUT2D eigenvalue weighted by molar-refractivity contribution is -0.128. The summed E-state index contributed by atoms with van der Waals surface area (Å²) in [4.78, 5) is 14.9. The molecule has 1 fully saturated rings. The fourth-order valence-electron chi connectivity index (χ4n) is 3.50. The second kappa shape index (κ2) is 7.77. The molecule has 4 nitrogen and oxygen atoms in total. The summed E-state index contributed by atoms with van der Waals surface area (Å²) in [7, 11) is 1.69. The number of rotatable bonds is 5. The van der Waals surface area contributed by atoms with Gasteiger partial charge in [-0.15, -0.1) is 0 Å². The van der Waals surface area contributed by atoms with Crippen molar-refractivity contribution in [1.29, 1.82) is 0 Å². The predicted molar refractivity (Wildman–Crippen MR) is 103 cm³/mol. The SMILES string of the molecule is COc1ccc(C2(CNC(=O)C(C)(C)C)CCN(C(C)C)CC2)cc1. The van der Waals surface area contributed by atoms with E-state index in [1.807, 2.05) is 32.9 Å². The first kappa shape index (κ1) is 19.8. The number of amides is 1. The Bertz CT molecular complexity index is 565. The van der Waals surface area contributed by atoms with Crippen molar-refractivity contribution in [2.45, 2.75) is 58.9 Å². The van der Waals surface area contributed by atoms with Crippen LogP contribution in [0, 0.1) is 5.41 Å². The number of hydrogen-bond acceptors (Lipinski definition) is 3. The summed E-state index contributed by atoms with van der Waals surface area (Å²) in [6.45, 7) is 13.2. The Morgan fingerprint density at radius 2 is 1.76 bits per heavy atom. The summed E-state index contributed by atoms with van der Waals surface area (Å²) in [5.41, 5.74) is 0.934. The van der Waals surface area contributed by atoms with Gasteiger partial charge in [0.1, 0.15) is 5.75 Å². The fraction of sp³-hybridized carbons (Fsp3) is 0.667. The molecule has 0 aromatic heterocycles. The highest BCUT2D eigenvalue weighted by Crippen LogP contribution is 2.36. The molecule has 0 atom stereocenters. The molecule has 0 unspecified atom stereocenters. The zero-order chi connectivity index (χ0) is 18.7. The zero-order valence-corrected chi connectivity index (χ0v) is 16.7. The average Bonchev–Trinajstić information content (AvgIpc) is 2.59. The Labute approximate surface area is 152 Å². The maximum Gasteiger partial charge on any atom is 0.225 e. The monoisotopic (exact) mass is 346 g/mol. The van der Waals surface area contributed by atoms with Crippen LogP contribution < -0.4 is 10.1 Å². The number of nitrogens with one attached hydrogen (secondary N) is 1. The van der Waals surface area contributed by atoms with E-state index in [2.05, 4.69) is 36.2 Å². The van der Waals surface area contributed by atoms with E-state index < -0.39 is 0 Å². The van der Waals surface area contributed by atoms with Crippen molar-refractivity contribution in [3.05, 3.63) is 29.8 Å². The van der Waals surface area contributed by atoms with Crippen molar-refractivity contribution in [3.63, 3.8) is 0 Å². The van der Waals surface area contributed by atoms with Gasteiger partial charge in [0.25, 0.3) is 0 Å². The van der Waals surface area contributed by atoms with E-state index in [1.54, 1.807) is 7.11 Å². The average molecular weight is 347 g/mol. The van der Waals surface area contributed by atoms with Gasteiger partial charge in [-0.2, -0.15) is 0 Å². The molecule has 1 heterocycles. The van der Waals surface area contributed by atoms with Gasteiger partial charge in [0.05, 0.1) is 7.11 Å². The fourth-order valence-corrected chi connectivity index (χ4v) is 3.50. The molecule has 25 heavy (non-hydrogen) atoms. The first-order valence-corrected chi connectivity index (χ1v) is 9.35. The van der Waals surface area contributed by atoms with Crippen LogP contribution in [0.4, 0.5) is 0 Å². The molecule has 1 N–H and O–H groups in total. The third-order valence-corrected chi connectivity index (χ3v) is 5.46. The highest BCUT2D eigenvalue weighted by molar-refractivity contribution is 5.81. The van der Waals surface area contributed by atoms with Crippen LogP contribution in [0.2, 0.25) is 0 Å². The van der Waals surface area contributed by atoms with Crippen molar-refractivity contribution < 1.29 is 9.53 Å². The third kappa shape index (κ3) is 4.75. The Morgan fingerprint density at radius 1 is 1.20 bits per heavy atom. The van der Waals surface area contributed by atoms with E-state index in [1.165, 1.54) is 5.56 Å². The number of ether oxygens (including phenoxy) is 1. The standard InChI is InChI=1S/C21H34N2O2/c1-16(2)23-13-11-21(12-14-23,15-22-19(24)20(3,4)5)17-7-9-18(25-6)10-8-17/h7-10,16H,11-15H2,1-6H3,(H,22,24). The Kier molecular flexibility index (Phi) is 6.15. The molecule has 0 spiro atoms. The van der Waals surface area contributed by atoms with Gasteiger partial charge in [-0.25, -0.2) is 0 Å². The molecule has 4 heteroatoms. The summed E-state index contributed by atoms with van der Waals surface area (Å²) in [5.74, 6) is 0.990. The number of methoxy groups -OCH3 is 1. The van der Waals surface area contributed by atoms with Crippen LogP contribution >= 0.6 is 0 Å². The van der Waals surface area contributed by atoms with Crippen LogP contribution in [0.5, 0.6) is 5.75 Å². The lowest BCUT2D eigenvalue weighted by Gasteiger charge is -2.44. The van der Waals surface area contributed by atoms with E-state index in [-0.39, 0.29) is 16.7 Å². The Morgan fingerprint density at radius 3 is 2.20 bits per heavy atom. The van der Waals surface area contributed by atoms with Crippen LogP contribution in [0.25, 0.3) is 0 Å². The van der Waals surface area contributed by atoms with Crippen molar-refractivity contribution in [1.82, 2.24) is 10.2 Å². The molecule has 2 rings (SSSR count). The van der Waals surface area contributed by atoms with E-state index in [0.717, 1.165) is 31.7 Å². The number of carbonyl (C=O) groups is 1. The minimum atomic E-state index is -0.361. The van der Waals surface area contributed by atoms with Gasteiger partial charge < -0.3 is 15.0 Å². The van der Waals surface area contributed by atoms with Gasteiger partial charge in [-0.05, 0) is 57.5 Å². The lowest BCUT2D eigenvalue weighted by atomic mass is 9.72. The molecule has 0 aliphatic carbocycles. The molecule has 1 aromatic rings. The molecule has 1 saturated heterocycles. The second-order valence-electron chi connectivity index (χ2n) is 8.57. The largest absolute Gasteiger partial charge is 0.497 e. The Balaban J connectivity index is 2.21. The summed E-state index contributed by atoms with van der Waals surface area (Å²) in [6, 6.07) is 8.94. The number of nitrogens with zero attached hydrogens (tertiary/aromatic N) is 1. The highest BCUT2D eigenvalue weighted by atomic mass is 16.5. The summed E-state index contributed by atoms with van der Waals surface area (Å²) in [5, 5.41) is 3.22. The first-order valence-electron chi connectivity index (χ1n) is 9.35. The molecule has 140 valence electrons.